The van der Waals surface area contributed by atoms with E-state index < -0.39 is 15.8 Å². The van der Waals surface area contributed by atoms with E-state index in [-0.39, 0.29) is 17.0 Å². The minimum absolute atomic E-state index is 0.107. The third-order valence-corrected chi connectivity index (χ3v) is 4.31. The third kappa shape index (κ3) is 4.81. The van der Waals surface area contributed by atoms with E-state index in [1.54, 1.807) is 24.3 Å². The average Bonchev–Trinajstić information content (AvgIpc) is 2.54. The topological polar surface area (TPSA) is 55.4 Å². The maximum Gasteiger partial charge on any atom is 0.241 e. The monoisotopic (exact) mass is 333 g/mol. The van der Waals surface area contributed by atoms with Crippen LogP contribution in [0.5, 0.6) is 5.75 Å². The van der Waals surface area contributed by atoms with Gasteiger partial charge < -0.3 is 4.74 Å². The number of hydrogen-bond acceptors (Lipinski definition) is 3. The Balaban J connectivity index is 2.01. The number of sulfonamides is 1. The summed E-state index contributed by atoms with van der Waals surface area (Å²) >= 11 is 0. The van der Waals surface area contributed by atoms with Crippen LogP contribution in [0.15, 0.2) is 53.4 Å². The van der Waals surface area contributed by atoms with E-state index in [2.05, 4.69) is 16.6 Å². The Kier molecular flexibility index (Phi) is 5.74. The minimum Gasteiger partial charge on any atom is -0.494 e. The van der Waals surface area contributed by atoms with Crippen molar-refractivity contribution >= 4 is 10.0 Å². The number of benzene rings is 2. The fourth-order valence-electron chi connectivity index (χ4n) is 1.80. The molecule has 0 heterocycles. The van der Waals surface area contributed by atoms with Gasteiger partial charge in [-0.1, -0.05) is 24.0 Å². The van der Waals surface area contributed by atoms with Gasteiger partial charge in [-0.15, -0.1) is 0 Å². The summed E-state index contributed by atoms with van der Waals surface area (Å²) in [7, 11) is -3.66. The molecule has 0 spiro atoms. The lowest BCUT2D eigenvalue weighted by molar-refractivity contribution is 0.340. The van der Waals surface area contributed by atoms with Gasteiger partial charge in [0, 0.05) is 0 Å². The van der Waals surface area contributed by atoms with E-state index in [0.29, 0.717) is 12.4 Å². The summed E-state index contributed by atoms with van der Waals surface area (Å²) in [5.74, 6) is 5.35. The molecule has 0 bridgehead atoms. The van der Waals surface area contributed by atoms with Gasteiger partial charge in [-0.3, -0.25) is 0 Å². The lowest BCUT2D eigenvalue weighted by atomic mass is 10.2. The van der Waals surface area contributed by atoms with Crippen LogP contribution in [0.2, 0.25) is 0 Å². The molecule has 23 heavy (non-hydrogen) atoms. The Bertz CT molecular complexity index is 821. The highest BCUT2D eigenvalue weighted by Gasteiger charge is 2.12. The average molecular weight is 333 g/mol. The Hall–Kier alpha value is -2.36. The standard InChI is InChI=1S/C17H16FNO3S/c1-2-22-15-9-11-16(12-10-15)23(20,21)19-13-5-7-14-6-3-4-8-17(14)18/h3-4,6,8-12,19H,2,13H2,1H3. The van der Waals surface area contributed by atoms with Gasteiger partial charge in [-0.25, -0.2) is 12.8 Å². The van der Waals surface area contributed by atoms with Crippen molar-refractivity contribution in [1.29, 1.82) is 0 Å². The molecular formula is C17H16FNO3S. The quantitative estimate of drug-likeness (QED) is 0.856. The first-order chi connectivity index (χ1) is 11.0. The first-order valence-electron chi connectivity index (χ1n) is 6.99. The lowest BCUT2D eigenvalue weighted by Crippen LogP contribution is -2.23. The number of halogens is 1. The largest absolute Gasteiger partial charge is 0.494 e. The van der Waals surface area contributed by atoms with Crippen molar-refractivity contribution in [3.63, 3.8) is 0 Å². The summed E-state index contributed by atoms with van der Waals surface area (Å²) in [6.45, 7) is 2.25. The van der Waals surface area contributed by atoms with Crippen LogP contribution in [-0.2, 0) is 10.0 Å². The van der Waals surface area contributed by atoms with Crippen LogP contribution in [-0.4, -0.2) is 21.6 Å². The fourth-order valence-corrected chi connectivity index (χ4v) is 2.72. The van der Waals surface area contributed by atoms with E-state index in [1.165, 1.54) is 24.3 Å². The zero-order valence-electron chi connectivity index (χ0n) is 12.5. The summed E-state index contributed by atoms with van der Waals surface area (Å²) in [6.07, 6.45) is 0. The maximum atomic E-state index is 13.4. The molecule has 0 amide bonds. The molecule has 1 N–H and O–H groups in total. The van der Waals surface area contributed by atoms with Crippen molar-refractivity contribution in [3.8, 4) is 17.6 Å². The highest BCUT2D eigenvalue weighted by Crippen LogP contribution is 2.15. The summed E-state index contributed by atoms with van der Waals surface area (Å²) in [4.78, 5) is 0.119. The van der Waals surface area contributed by atoms with Crippen LogP contribution in [0.25, 0.3) is 0 Å². The van der Waals surface area contributed by atoms with Crippen LogP contribution in [0.1, 0.15) is 12.5 Å². The Morgan fingerprint density at radius 2 is 1.83 bits per heavy atom. The zero-order chi connectivity index (χ0) is 16.7. The predicted molar refractivity (Wildman–Crippen MR) is 86.1 cm³/mol. The van der Waals surface area contributed by atoms with Crippen molar-refractivity contribution in [2.45, 2.75) is 11.8 Å². The van der Waals surface area contributed by atoms with Crippen molar-refractivity contribution in [3.05, 3.63) is 59.9 Å². The second kappa shape index (κ2) is 7.77. The first kappa shape index (κ1) is 17.0. The molecule has 0 aliphatic carbocycles. The Morgan fingerprint density at radius 1 is 1.13 bits per heavy atom. The maximum absolute atomic E-state index is 13.4. The van der Waals surface area contributed by atoms with E-state index in [1.807, 2.05) is 6.92 Å². The summed E-state index contributed by atoms with van der Waals surface area (Å²) in [6, 6.07) is 12.1. The molecule has 120 valence electrons. The molecule has 0 unspecified atom stereocenters. The summed E-state index contributed by atoms with van der Waals surface area (Å²) in [5.41, 5.74) is 0.229. The summed E-state index contributed by atoms with van der Waals surface area (Å²) < 4.78 is 45.1. The van der Waals surface area contributed by atoms with Crippen molar-refractivity contribution in [2.75, 3.05) is 13.2 Å². The van der Waals surface area contributed by atoms with Crippen molar-refractivity contribution in [1.82, 2.24) is 4.72 Å². The highest BCUT2D eigenvalue weighted by atomic mass is 32.2. The number of nitrogens with one attached hydrogen (secondary N) is 1. The van der Waals surface area contributed by atoms with E-state index >= 15 is 0 Å². The number of ether oxygens (including phenoxy) is 1. The number of hydrogen-bond donors (Lipinski definition) is 1. The smallest absolute Gasteiger partial charge is 0.241 e. The third-order valence-electron chi connectivity index (χ3n) is 2.89. The minimum atomic E-state index is -3.66. The molecule has 0 atom stereocenters. The van der Waals surface area contributed by atoms with Crippen LogP contribution in [0, 0.1) is 17.7 Å². The molecule has 0 aliphatic rings. The summed E-state index contributed by atoms with van der Waals surface area (Å²) in [5, 5.41) is 0. The van der Waals surface area contributed by atoms with Crippen LogP contribution in [0.3, 0.4) is 0 Å². The van der Waals surface area contributed by atoms with Gasteiger partial charge in [0.05, 0.1) is 23.6 Å². The molecule has 2 rings (SSSR count). The molecule has 0 saturated heterocycles. The lowest BCUT2D eigenvalue weighted by Gasteiger charge is -2.06. The van der Waals surface area contributed by atoms with E-state index in [9.17, 15) is 12.8 Å². The fraction of sp³-hybridized carbons (Fsp3) is 0.176. The SMILES string of the molecule is CCOc1ccc(S(=O)(=O)NCC#Cc2ccccc2F)cc1. The number of rotatable bonds is 5. The zero-order valence-corrected chi connectivity index (χ0v) is 13.4. The van der Waals surface area contributed by atoms with Gasteiger partial charge in [-0.05, 0) is 43.3 Å². The van der Waals surface area contributed by atoms with Crippen LogP contribution < -0.4 is 9.46 Å². The molecule has 2 aromatic carbocycles. The molecule has 6 heteroatoms. The molecule has 0 aliphatic heterocycles. The van der Waals surface area contributed by atoms with Gasteiger partial charge in [0.15, 0.2) is 0 Å². The normalized spacial score (nSPS) is 10.7. The van der Waals surface area contributed by atoms with Gasteiger partial charge in [0.2, 0.25) is 10.0 Å². The molecule has 0 saturated carbocycles. The predicted octanol–water partition coefficient (Wildman–Crippen LogP) is 2.55. The molecule has 0 radical (unpaired) electrons. The van der Waals surface area contributed by atoms with Crippen molar-refractivity contribution < 1.29 is 17.5 Å². The molecule has 2 aromatic rings. The van der Waals surface area contributed by atoms with Gasteiger partial charge >= 0.3 is 0 Å². The highest BCUT2D eigenvalue weighted by molar-refractivity contribution is 7.89. The van der Waals surface area contributed by atoms with Crippen molar-refractivity contribution in [2.24, 2.45) is 0 Å². The van der Waals surface area contributed by atoms with E-state index in [0.717, 1.165) is 0 Å². The second-order valence-corrected chi connectivity index (χ2v) is 6.28. The van der Waals surface area contributed by atoms with Gasteiger partial charge in [0.1, 0.15) is 11.6 Å². The first-order valence-corrected chi connectivity index (χ1v) is 8.47. The molecule has 4 nitrogen and oxygen atoms in total. The Labute approximate surface area is 135 Å². The van der Waals surface area contributed by atoms with Crippen LogP contribution >= 0.6 is 0 Å². The molecule has 0 fully saturated rings. The van der Waals surface area contributed by atoms with Gasteiger partial charge in [0.25, 0.3) is 0 Å². The van der Waals surface area contributed by atoms with Crippen LogP contribution in [0.4, 0.5) is 4.39 Å². The molecule has 0 aromatic heterocycles. The molecular weight excluding hydrogens is 317 g/mol. The van der Waals surface area contributed by atoms with E-state index in [4.69, 9.17) is 4.74 Å². The Morgan fingerprint density at radius 3 is 2.48 bits per heavy atom. The second-order valence-electron chi connectivity index (χ2n) is 4.51. The van der Waals surface area contributed by atoms with Gasteiger partial charge in [-0.2, -0.15) is 4.72 Å².